The molecule has 2 N–H and O–H groups in total. The van der Waals surface area contributed by atoms with Gasteiger partial charge in [0, 0.05) is 26.7 Å². The lowest BCUT2D eigenvalue weighted by Crippen LogP contribution is -2.57. The largest absolute Gasteiger partial charge is 0.481 e. The lowest BCUT2D eigenvalue weighted by molar-refractivity contribution is -0.140. The molecule has 2 saturated heterocycles. The summed E-state index contributed by atoms with van der Waals surface area (Å²) < 4.78 is 23.2. The van der Waals surface area contributed by atoms with E-state index in [0.29, 0.717) is 38.8 Å². The van der Waals surface area contributed by atoms with Crippen molar-refractivity contribution >= 4 is 25.0 Å². The maximum absolute atomic E-state index is 14.0. The van der Waals surface area contributed by atoms with Crippen LogP contribution in [0.2, 0.25) is 0 Å². The molecule has 11 heteroatoms. The van der Waals surface area contributed by atoms with Crippen LogP contribution in [0.5, 0.6) is 0 Å². The maximum atomic E-state index is 14.0. The average Bonchev–Trinajstić information content (AvgIpc) is 3.57. The van der Waals surface area contributed by atoms with E-state index in [1.807, 2.05) is 88.4 Å². The van der Waals surface area contributed by atoms with Crippen LogP contribution >= 0.6 is 0 Å². The molecule has 0 bridgehead atoms. The standard InChI is InChI=1S/C33H46BN3O7/c1-32(2)33(3,4)44-34(43-32)28(19-13-21-41-5)36-29(38)27-18-12-20-37(27)30(39)26(22-24-14-8-6-9-15-24)35-31(40)42-23-25-16-10-7-11-17-25/h6-11,14-17,26-28H,12-13,18-23H2,1-5H3,(H,35,40)(H,36,38)/t26-,27+,28?/m0/s1. The Morgan fingerprint density at radius 3 is 2.18 bits per heavy atom. The van der Waals surface area contributed by atoms with Crippen LogP contribution in [0, 0.1) is 0 Å². The number of rotatable bonds is 13. The molecule has 2 aliphatic heterocycles. The van der Waals surface area contributed by atoms with Gasteiger partial charge in [0.25, 0.3) is 0 Å². The Balaban J connectivity index is 1.46. The molecule has 238 valence electrons. The van der Waals surface area contributed by atoms with Crippen LogP contribution in [0.4, 0.5) is 4.79 Å². The highest BCUT2D eigenvalue weighted by Crippen LogP contribution is 2.38. The number of ether oxygens (including phenoxy) is 2. The van der Waals surface area contributed by atoms with Crippen molar-refractivity contribution in [3.8, 4) is 0 Å². The van der Waals surface area contributed by atoms with Crippen molar-refractivity contribution in [2.75, 3.05) is 20.3 Å². The minimum atomic E-state index is -0.908. The van der Waals surface area contributed by atoms with Crippen molar-refractivity contribution in [1.82, 2.24) is 15.5 Å². The van der Waals surface area contributed by atoms with Crippen LogP contribution in [0.3, 0.4) is 0 Å². The van der Waals surface area contributed by atoms with E-state index in [9.17, 15) is 14.4 Å². The first kappa shape index (κ1) is 33.5. The number of carbonyl (C=O) groups is 3. The van der Waals surface area contributed by atoms with Gasteiger partial charge in [0.2, 0.25) is 11.8 Å². The van der Waals surface area contributed by atoms with Gasteiger partial charge in [-0.15, -0.1) is 0 Å². The SMILES string of the molecule is COCCCC(NC(=O)[C@H]1CCCN1C(=O)[C@H](Cc1ccccc1)NC(=O)OCc1ccccc1)B1OC(C)(C)C(C)(C)O1. The number of carbonyl (C=O) groups excluding carboxylic acids is 3. The van der Waals surface area contributed by atoms with Gasteiger partial charge < -0.3 is 34.3 Å². The second-order valence-corrected chi connectivity index (χ2v) is 12.5. The monoisotopic (exact) mass is 607 g/mol. The van der Waals surface area contributed by atoms with E-state index < -0.39 is 42.4 Å². The number of nitrogens with zero attached hydrogens (tertiary/aromatic N) is 1. The van der Waals surface area contributed by atoms with E-state index in [4.69, 9.17) is 18.8 Å². The zero-order valence-electron chi connectivity index (χ0n) is 26.5. The fourth-order valence-electron chi connectivity index (χ4n) is 5.52. The molecule has 2 aromatic carbocycles. The number of methoxy groups -OCH3 is 1. The normalized spacial score (nSPS) is 20.2. The van der Waals surface area contributed by atoms with E-state index in [2.05, 4.69) is 10.6 Å². The topological polar surface area (TPSA) is 115 Å². The molecular formula is C33H46BN3O7. The van der Waals surface area contributed by atoms with Crippen molar-refractivity contribution in [1.29, 1.82) is 0 Å². The molecule has 0 saturated carbocycles. The zero-order valence-corrected chi connectivity index (χ0v) is 26.5. The fourth-order valence-corrected chi connectivity index (χ4v) is 5.52. The summed E-state index contributed by atoms with van der Waals surface area (Å²) in [5.74, 6) is -1.02. The number of benzene rings is 2. The van der Waals surface area contributed by atoms with Crippen LogP contribution in [0.15, 0.2) is 60.7 Å². The van der Waals surface area contributed by atoms with Gasteiger partial charge in [-0.05, 0) is 64.5 Å². The second-order valence-electron chi connectivity index (χ2n) is 12.5. The number of hydrogen-bond donors (Lipinski definition) is 2. The Hall–Kier alpha value is -3.41. The molecule has 2 aromatic rings. The van der Waals surface area contributed by atoms with Crippen molar-refractivity contribution in [2.45, 2.75) is 95.6 Å². The van der Waals surface area contributed by atoms with E-state index in [1.165, 1.54) is 0 Å². The third kappa shape index (κ3) is 8.61. The highest BCUT2D eigenvalue weighted by Gasteiger charge is 2.54. The molecule has 0 aliphatic carbocycles. The maximum Gasteiger partial charge on any atom is 0.481 e. The fraction of sp³-hybridized carbons (Fsp3) is 0.545. The first-order valence-corrected chi connectivity index (χ1v) is 15.5. The third-order valence-corrected chi connectivity index (χ3v) is 8.72. The van der Waals surface area contributed by atoms with Gasteiger partial charge in [-0.2, -0.15) is 0 Å². The van der Waals surface area contributed by atoms with Crippen molar-refractivity contribution < 1.29 is 33.2 Å². The molecule has 2 aliphatic rings. The summed E-state index contributed by atoms with van der Waals surface area (Å²) in [5, 5.41) is 5.91. The molecule has 3 amide bonds. The number of hydrogen-bond acceptors (Lipinski definition) is 7. The second kappa shape index (κ2) is 15.1. The van der Waals surface area contributed by atoms with Crippen LogP contribution in [0.1, 0.15) is 64.5 Å². The summed E-state index contributed by atoms with van der Waals surface area (Å²) in [6.07, 6.45) is 2.05. The minimum Gasteiger partial charge on any atom is -0.445 e. The zero-order chi connectivity index (χ0) is 31.7. The van der Waals surface area contributed by atoms with Crippen LogP contribution in [-0.4, -0.2) is 79.4 Å². The van der Waals surface area contributed by atoms with E-state index in [1.54, 1.807) is 12.0 Å². The van der Waals surface area contributed by atoms with E-state index in [0.717, 1.165) is 11.1 Å². The molecule has 4 rings (SSSR count). The Kier molecular flexibility index (Phi) is 11.5. The summed E-state index contributed by atoms with van der Waals surface area (Å²) in [4.78, 5) is 42.2. The summed E-state index contributed by atoms with van der Waals surface area (Å²) >= 11 is 0. The van der Waals surface area contributed by atoms with Gasteiger partial charge in [-0.3, -0.25) is 9.59 Å². The Morgan fingerprint density at radius 2 is 1.57 bits per heavy atom. The molecule has 1 unspecified atom stereocenters. The molecule has 2 fully saturated rings. The van der Waals surface area contributed by atoms with Crippen LogP contribution in [0.25, 0.3) is 0 Å². The van der Waals surface area contributed by atoms with Gasteiger partial charge in [-0.25, -0.2) is 4.79 Å². The number of alkyl carbamates (subject to hydrolysis) is 1. The predicted octanol–water partition coefficient (Wildman–Crippen LogP) is 4.06. The Bertz CT molecular complexity index is 1230. The van der Waals surface area contributed by atoms with Crippen LogP contribution < -0.4 is 10.6 Å². The summed E-state index contributed by atoms with van der Waals surface area (Å²) in [6, 6.07) is 17.2. The molecule has 0 radical (unpaired) electrons. The first-order valence-electron chi connectivity index (χ1n) is 15.5. The number of amides is 3. The number of nitrogens with one attached hydrogen (secondary N) is 2. The molecule has 44 heavy (non-hydrogen) atoms. The van der Waals surface area contributed by atoms with E-state index in [-0.39, 0.29) is 24.8 Å². The number of likely N-dealkylation sites (tertiary alicyclic amines) is 1. The van der Waals surface area contributed by atoms with Crippen molar-refractivity contribution in [2.24, 2.45) is 0 Å². The molecule has 2 heterocycles. The molecular weight excluding hydrogens is 561 g/mol. The molecule has 10 nitrogen and oxygen atoms in total. The third-order valence-electron chi connectivity index (χ3n) is 8.72. The van der Waals surface area contributed by atoms with Crippen molar-refractivity contribution in [3.63, 3.8) is 0 Å². The van der Waals surface area contributed by atoms with Gasteiger partial charge in [0.1, 0.15) is 18.7 Å². The molecule has 0 aromatic heterocycles. The van der Waals surface area contributed by atoms with Crippen molar-refractivity contribution in [3.05, 3.63) is 71.8 Å². The molecule has 0 spiro atoms. The van der Waals surface area contributed by atoms with E-state index >= 15 is 0 Å². The quantitative estimate of drug-likeness (QED) is 0.261. The smallest absolute Gasteiger partial charge is 0.445 e. The highest BCUT2D eigenvalue weighted by atomic mass is 16.7. The predicted molar refractivity (Wildman–Crippen MR) is 168 cm³/mol. The summed E-state index contributed by atoms with van der Waals surface area (Å²) in [6.45, 7) is 8.93. The minimum absolute atomic E-state index is 0.0804. The Labute approximate surface area is 261 Å². The Morgan fingerprint density at radius 1 is 0.955 bits per heavy atom. The van der Waals surface area contributed by atoms with Crippen LogP contribution in [-0.2, 0) is 41.4 Å². The first-order chi connectivity index (χ1) is 21.0. The molecule has 3 atom stereocenters. The lowest BCUT2D eigenvalue weighted by atomic mass is 9.75. The lowest BCUT2D eigenvalue weighted by Gasteiger charge is -2.32. The van der Waals surface area contributed by atoms with Gasteiger partial charge >= 0.3 is 13.2 Å². The van der Waals surface area contributed by atoms with Gasteiger partial charge in [0.05, 0.1) is 17.1 Å². The highest BCUT2D eigenvalue weighted by molar-refractivity contribution is 6.48. The summed E-state index contributed by atoms with van der Waals surface area (Å²) in [5.41, 5.74) is 0.617. The average molecular weight is 608 g/mol. The van der Waals surface area contributed by atoms with Gasteiger partial charge in [-0.1, -0.05) is 60.7 Å². The van der Waals surface area contributed by atoms with Gasteiger partial charge in [0.15, 0.2) is 0 Å². The summed E-state index contributed by atoms with van der Waals surface area (Å²) in [7, 11) is 1.00.